The van der Waals surface area contributed by atoms with Crippen LogP contribution < -0.4 is 0 Å². The van der Waals surface area contributed by atoms with Crippen molar-refractivity contribution in [2.75, 3.05) is 47.8 Å². The van der Waals surface area contributed by atoms with Crippen LogP contribution in [0, 0.1) is 0 Å². The highest BCUT2D eigenvalue weighted by Crippen LogP contribution is 2.42. The molecule has 24 heavy (non-hydrogen) atoms. The lowest BCUT2D eigenvalue weighted by atomic mass is 10.1. The molecule has 0 aromatic carbocycles. The zero-order valence-electron chi connectivity index (χ0n) is 15.7. The Morgan fingerprint density at radius 3 is 2.00 bits per heavy atom. The average Bonchev–Trinajstić information content (AvgIpc) is 3.52. The van der Waals surface area contributed by atoms with Crippen LogP contribution in [-0.4, -0.2) is 73.8 Å². The summed E-state index contributed by atoms with van der Waals surface area (Å²) in [4.78, 5) is 0. The predicted molar refractivity (Wildman–Crippen MR) is 93.4 cm³/mol. The third-order valence-electron chi connectivity index (χ3n) is 5.15. The van der Waals surface area contributed by atoms with Gasteiger partial charge in [0.2, 0.25) is 0 Å². The molecule has 0 bridgehead atoms. The average molecular weight is 363 g/mol. The first-order valence-electron chi connectivity index (χ1n) is 9.11. The summed E-state index contributed by atoms with van der Waals surface area (Å²) in [5.41, 5.74) is 0. The van der Waals surface area contributed by atoms with Crippen LogP contribution >= 0.6 is 0 Å². The van der Waals surface area contributed by atoms with Gasteiger partial charge < -0.3 is 27.8 Å². The summed E-state index contributed by atoms with van der Waals surface area (Å²) < 4.78 is 32.5. The predicted octanol–water partition coefficient (Wildman–Crippen LogP) is 2.43. The van der Waals surface area contributed by atoms with Gasteiger partial charge in [0.1, 0.15) is 17.4 Å². The topological polar surface area (TPSA) is 62.0 Å². The molecule has 0 radical (unpaired) electrons. The lowest BCUT2D eigenvalue weighted by Gasteiger charge is -2.47. The van der Waals surface area contributed by atoms with Gasteiger partial charge >= 0.3 is 8.56 Å². The van der Waals surface area contributed by atoms with Gasteiger partial charge in [-0.2, -0.15) is 0 Å². The number of ether oxygens (including phenoxy) is 4. The molecule has 0 aromatic heterocycles. The lowest BCUT2D eigenvalue weighted by Crippen LogP contribution is -2.64. The summed E-state index contributed by atoms with van der Waals surface area (Å²) in [6.07, 6.45) is 6.49. The molecule has 0 aliphatic carbocycles. The minimum Gasteiger partial charge on any atom is -0.396 e. The Kier molecular flexibility index (Phi) is 8.13. The molecule has 7 heteroatoms. The van der Waals surface area contributed by atoms with Gasteiger partial charge in [-0.25, -0.2) is 0 Å². The maximum atomic E-state index is 5.83. The Balaban J connectivity index is 0.000000194. The third kappa shape index (κ3) is 5.24. The molecule has 0 N–H and O–H groups in total. The van der Waals surface area contributed by atoms with E-state index >= 15 is 0 Å². The summed E-state index contributed by atoms with van der Waals surface area (Å²) in [6.45, 7) is 5.45. The molecular formula is C17H34O6Si. The molecule has 6 nitrogen and oxygen atoms in total. The van der Waals surface area contributed by atoms with Gasteiger partial charge in [-0.15, -0.1) is 0 Å². The van der Waals surface area contributed by atoms with Crippen molar-refractivity contribution in [3.63, 3.8) is 0 Å². The van der Waals surface area contributed by atoms with Gasteiger partial charge in [0.05, 0.1) is 26.4 Å². The van der Waals surface area contributed by atoms with Crippen LogP contribution in [0.3, 0.4) is 0 Å². The van der Waals surface area contributed by atoms with Crippen molar-refractivity contribution in [1.29, 1.82) is 0 Å². The summed E-state index contributed by atoms with van der Waals surface area (Å²) in [7, 11) is 3.22. The van der Waals surface area contributed by atoms with Crippen LogP contribution in [0.25, 0.3) is 0 Å². The Labute approximate surface area is 147 Å². The van der Waals surface area contributed by atoms with Gasteiger partial charge in [0, 0.05) is 21.3 Å². The molecular weight excluding hydrogens is 328 g/mol. The molecule has 3 heterocycles. The third-order valence-corrected chi connectivity index (χ3v) is 9.57. The quantitative estimate of drug-likeness (QED) is 0.464. The fourth-order valence-corrected chi connectivity index (χ4v) is 7.57. The summed E-state index contributed by atoms with van der Waals surface area (Å²) >= 11 is 0. The van der Waals surface area contributed by atoms with Crippen LogP contribution in [0.4, 0.5) is 0 Å². The second-order valence-electron chi connectivity index (χ2n) is 6.76. The minimum atomic E-state index is -2.15. The standard InChI is InChI=1S/C11H24O3Si.C6H10O3/c1-5-8-11(12-2)9-6-7-10-15(11,13-3)14-4;1(5-3-8-5)7-2-6-4-9-6/h5-10H2,1-4H3;5-6H,1-4H2. The van der Waals surface area contributed by atoms with Crippen molar-refractivity contribution in [2.45, 2.75) is 62.5 Å². The molecule has 142 valence electrons. The summed E-state index contributed by atoms with van der Waals surface area (Å²) in [5.74, 6) is 0. The largest absolute Gasteiger partial charge is 0.396 e. The van der Waals surface area contributed by atoms with E-state index in [9.17, 15) is 0 Å². The Bertz CT molecular complexity index is 341. The fraction of sp³-hybridized carbons (Fsp3) is 1.00. The second-order valence-corrected chi connectivity index (χ2v) is 10.5. The van der Waals surface area contributed by atoms with E-state index in [0.29, 0.717) is 12.2 Å². The molecule has 0 amide bonds. The van der Waals surface area contributed by atoms with E-state index in [2.05, 4.69) is 6.92 Å². The Morgan fingerprint density at radius 2 is 1.58 bits per heavy atom. The van der Waals surface area contributed by atoms with Crippen LogP contribution in [0.15, 0.2) is 0 Å². The van der Waals surface area contributed by atoms with Crippen molar-refractivity contribution in [3.8, 4) is 0 Å². The zero-order chi connectivity index (χ0) is 17.5. The SMILES string of the molecule is C(OCC1CO1)C1CO1.CCCC1(OC)CCCC[Si]1(OC)OC. The van der Waals surface area contributed by atoms with Crippen molar-refractivity contribution in [3.05, 3.63) is 0 Å². The molecule has 3 atom stereocenters. The van der Waals surface area contributed by atoms with Crippen molar-refractivity contribution in [1.82, 2.24) is 0 Å². The molecule has 3 aliphatic heterocycles. The lowest BCUT2D eigenvalue weighted by molar-refractivity contribution is -0.0149. The van der Waals surface area contributed by atoms with E-state index in [-0.39, 0.29) is 5.22 Å². The van der Waals surface area contributed by atoms with Gasteiger partial charge in [-0.1, -0.05) is 26.2 Å². The van der Waals surface area contributed by atoms with Crippen molar-refractivity contribution >= 4 is 8.56 Å². The molecule has 3 unspecified atom stereocenters. The van der Waals surface area contributed by atoms with Crippen LogP contribution in [0.2, 0.25) is 6.04 Å². The van der Waals surface area contributed by atoms with Crippen molar-refractivity contribution in [2.24, 2.45) is 0 Å². The zero-order valence-corrected chi connectivity index (χ0v) is 16.7. The van der Waals surface area contributed by atoms with Crippen LogP contribution in [0.5, 0.6) is 0 Å². The molecule has 0 saturated carbocycles. The highest BCUT2D eigenvalue weighted by atomic mass is 28.4. The summed E-state index contributed by atoms with van der Waals surface area (Å²) in [6, 6.07) is 1.06. The molecule has 3 fully saturated rings. The Hall–Kier alpha value is -0.0231. The van der Waals surface area contributed by atoms with Crippen LogP contribution in [-0.2, 0) is 27.8 Å². The number of epoxide rings is 2. The fourth-order valence-electron chi connectivity index (χ4n) is 3.58. The minimum absolute atomic E-state index is 0.122. The Morgan fingerprint density at radius 1 is 1.00 bits per heavy atom. The maximum absolute atomic E-state index is 5.83. The highest BCUT2D eigenvalue weighted by molar-refractivity contribution is 6.70. The molecule has 3 rings (SSSR count). The van der Waals surface area contributed by atoms with Gasteiger partial charge in [0.25, 0.3) is 0 Å². The molecule has 0 aromatic rings. The first-order valence-corrected chi connectivity index (χ1v) is 11.1. The molecule has 0 spiro atoms. The van der Waals surface area contributed by atoms with Gasteiger partial charge in [0.15, 0.2) is 0 Å². The molecule has 3 aliphatic rings. The number of rotatable bonds is 9. The maximum Gasteiger partial charge on any atom is 0.370 e. The summed E-state index contributed by atoms with van der Waals surface area (Å²) in [5, 5.41) is -0.122. The monoisotopic (exact) mass is 362 g/mol. The van der Waals surface area contributed by atoms with E-state index in [1.165, 1.54) is 12.8 Å². The number of hydrogen-bond donors (Lipinski definition) is 0. The number of methoxy groups -OCH3 is 1. The normalized spacial score (nSPS) is 33.5. The second kappa shape index (κ2) is 9.61. The van der Waals surface area contributed by atoms with E-state index < -0.39 is 8.56 Å². The smallest absolute Gasteiger partial charge is 0.370 e. The van der Waals surface area contributed by atoms with E-state index in [1.807, 2.05) is 0 Å². The first kappa shape index (κ1) is 20.3. The van der Waals surface area contributed by atoms with E-state index in [0.717, 1.165) is 51.7 Å². The first-order chi connectivity index (χ1) is 11.6. The van der Waals surface area contributed by atoms with Crippen LogP contribution in [0.1, 0.15) is 39.0 Å². The van der Waals surface area contributed by atoms with Gasteiger partial charge in [-0.05, 0) is 18.9 Å². The van der Waals surface area contributed by atoms with Gasteiger partial charge in [-0.3, -0.25) is 0 Å². The number of hydrogen-bond acceptors (Lipinski definition) is 6. The van der Waals surface area contributed by atoms with Crippen molar-refractivity contribution < 1.29 is 27.8 Å². The van der Waals surface area contributed by atoms with E-state index in [1.54, 1.807) is 21.3 Å². The molecule has 3 saturated heterocycles. The highest BCUT2D eigenvalue weighted by Gasteiger charge is 2.58. The van der Waals surface area contributed by atoms with E-state index in [4.69, 9.17) is 27.8 Å².